The van der Waals surface area contributed by atoms with E-state index in [9.17, 15) is 17.6 Å². The zero-order valence-corrected chi connectivity index (χ0v) is 14.5. The summed E-state index contributed by atoms with van der Waals surface area (Å²) in [5.41, 5.74) is 1.05. The molecule has 0 N–H and O–H groups in total. The minimum absolute atomic E-state index is 0.000498. The number of amidine groups is 1. The van der Waals surface area contributed by atoms with Crippen LogP contribution >= 0.6 is 11.8 Å². The maximum absolute atomic E-state index is 13.9. The third-order valence-corrected chi connectivity index (χ3v) is 7.23. The molecular weight excluding hydrogens is 339 g/mol. The highest BCUT2D eigenvalue weighted by atomic mass is 32.2. The number of halogens is 1. The van der Waals surface area contributed by atoms with Crippen LogP contribution in [0.25, 0.3) is 0 Å². The molecule has 2 aliphatic rings. The predicted molar refractivity (Wildman–Crippen MR) is 90.2 cm³/mol. The number of nitrogens with zero attached hydrogens (tertiary/aromatic N) is 2. The molecule has 2 aliphatic heterocycles. The summed E-state index contributed by atoms with van der Waals surface area (Å²) < 4.78 is 37.7. The van der Waals surface area contributed by atoms with Crippen LogP contribution in [0.5, 0.6) is 0 Å². The summed E-state index contributed by atoms with van der Waals surface area (Å²) in [5.74, 6) is -0.572. The molecule has 0 bridgehead atoms. The van der Waals surface area contributed by atoms with Crippen LogP contribution in [0.3, 0.4) is 0 Å². The van der Waals surface area contributed by atoms with Gasteiger partial charge in [0.25, 0.3) is 0 Å². The second-order valence-corrected chi connectivity index (χ2v) is 9.11. The lowest BCUT2D eigenvalue weighted by molar-refractivity contribution is -0.117. The highest BCUT2D eigenvalue weighted by molar-refractivity contribution is 8.16. The van der Waals surface area contributed by atoms with E-state index in [1.807, 2.05) is 0 Å². The second-order valence-electron chi connectivity index (χ2n) is 5.75. The number of carbonyl (C=O) groups is 1. The average molecular weight is 356 g/mol. The third-order valence-electron chi connectivity index (χ3n) is 4.02. The van der Waals surface area contributed by atoms with Crippen molar-refractivity contribution in [2.45, 2.75) is 31.6 Å². The molecule has 0 radical (unpaired) electrons. The summed E-state index contributed by atoms with van der Waals surface area (Å²) in [4.78, 5) is 17.5. The second kappa shape index (κ2) is 5.90. The van der Waals surface area contributed by atoms with Gasteiger partial charge in [-0.25, -0.2) is 12.8 Å². The van der Waals surface area contributed by atoms with Crippen LogP contribution in [0.2, 0.25) is 0 Å². The van der Waals surface area contributed by atoms with Gasteiger partial charge in [-0.1, -0.05) is 24.8 Å². The standard InChI is InChI=1S/C15H17FN2O3S2/c1-3-14(19)17-15-18(10-5-4-9(2)11(16)6-10)12-7-23(20,21)8-13(12)22-15/h4-6,12-13H,3,7-8H2,1-2H3/t12-,13-/m1/s1. The van der Waals surface area contributed by atoms with Gasteiger partial charge in [-0.3, -0.25) is 4.79 Å². The lowest BCUT2D eigenvalue weighted by Gasteiger charge is -2.24. The number of amides is 1. The molecule has 2 atom stereocenters. The summed E-state index contributed by atoms with van der Waals surface area (Å²) in [5, 5.41) is 0.290. The first-order valence-corrected chi connectivity index (χ1v) is 10.0. The minimum Gasteiger partial charge on any atom is -0.315 e. The van der Waals surface area contributed by atoms with E-state index in [4.69, 9.17) is 0 Å². The Kier molecular flexibility index (Phi) is 4.22. The molecule has 0 aromatic heterocycles. The molecule has 23 heavy (non-hydrogen) atoms. The van der Waals surface area contributed by atoms with Crippen LogP contribution in [0.4, 0.5) is 10.1 Å². The van der Waals surface area contributed by atoms with Crippen LogP contribution in [0.15, 0.2) is 23.2 Å². The molecule has 5 nitrogen and oxygen atoms in total. The zero-order valence-electron chi connectivity index (χ0n) is 12.8. The molecular formula is C15H17FN2O3S2. The van der Waals surface area contributed by atoms with E-state index >= 15 is 0 Å². The van der Waals surface area contributed by atoms with Crippen molar-refractivity contribution in [1.29, 1.82) is 0 Å². The predicted octanol–water partition coefficient (Wildman–Crippen LogP) is 2.15. The SMILES string of the molecule is CCC(=O)N=C1S[C@@H]2CS(=O)(=O)C[C@H]2N1c1ccc(C)c(F)c1. The lowest BCUT2D eigenvalue weighted by Crippen LogP contribution is -2.37. The molecule has 2 heterocycles. The van der Waals surface area contributed by atoms with Crippen molar-refractivity contribution >= 4 is 38.4 Å². The Morgan fingerprint density at radius 3 is 2.83 bits per heavy atom. The van der Waals surface area contributed by atoms with Crippen LogP contribution < -0.4 is 4.90 Å². The van der Waals surface area contributed by atoms with E-state index in [0.717, 1.165) is 0 Å². The first-order valence-electron chi connectivity index (χ1n) is 7.34. The molecule has 1 aromatic rings. The Morgan fingerprint density at radius 1 is 1.43 bits per heavy atom. The van der Waals surface area contributed by atoms with Crippen molar-refractivity contribution in [3.8, 4) is 0 Å². The van der Waals surface area contributed by atoms with Crippen LogP contribution in [-0.4, -0.2) is 42.3 Å². The van der Waals surface area contributed by atoms with Crippen molar-refractivity contribution in [2.24, 2.45) is 4.99 Å². The van der Waals surface area contributed by atoms with Gasteiger partial charge in [-0.15, -0.1) is 0 Å². The fourth-order valence-corrected chi connectivity index (χ4v) is 6.71. The van der Waals surface area contributed by atoms with E-state index in [1.165, 1.54) is 17.8 Å². The Labute approximate surface area is 138 Å². The van der Waals surface area contributed by atoms with Gasteiger partial charge in [0.15, 0.2) is 15.0 Å². The molecule has 3 rings (SSSR count). The highest BCUT2D eigenvalue weighted by Gasteiger charge is 2.49. The van der Waals surface area contributed by atoms with Gasteiger partial charge >= 0.3 is 0 Å². The van der Waals surface area contributed by atoms with Gasteiger partial charge in [0.2, 0.25) is 5.91 Å². The summed E-state index contributed by atoms with van der Waals surface area (Å²) in [7, 11) is -3.12. The summed E-state index contributed by atoms with van der Waals surface area (Å²) in [6.45, 7) is 3.38. The van der Waals surface area contributed by atoms with Gasteiger partial charge in [-0.2, -0.15) is 4.99 Å². The van der Waals surface area contributed by atoms with Crippen molar-refractivity contribution in [3.05, 3.63) is 29.6 Å². The number of aryl methyl sites for hydroxylation is 1. The van der Waals surface area contributed by atoms with Crippen LogP contribution in [0.1, 0.15) is 18.9 Å². The normalized spacial score (nSPS) is 27.4. The van der Waals surface area contributed by atoms with Gasteiger partial charge in [0.1, 0.15) is 5.82 Å². The molecule has 2 saturated heterocycles. The Morgan fingerprint density at radius 2 is 2.17 bits per heavy atom. The summed E-state index contributed by atoms with van der Waals surface area (Å²) in [6, 6.07) is 4.44. The number of carbonyl (C=O) groups excluding carboxylic acids is 1. The number of aliphatic imine (C=N–C) groups is 1. The van der Waals surface area contributed by atoms with Crippen LogP contribution in [0, 0.1) is 12.7 Å². The van der Waals surface area contributed by atoms with E-state index in [2.05, 4.69) is 4.99 Å². The molecule has 0 spiro atoms. The van der Waals surface area contributed by atoms with Crippen molar-refractivity contribution < 1.29 is 17.6 Å². The Hall–Kier alpha value is -1.41. The fraction of sp³-hybridized carbons (Fsp3) is 0.467. The van der Waals surface area contributed by atoms with Crippen molar-refractivity contribution in [2.75, 3.05) is 16.4 Å². The first kappa shape index (κ1) is 16.4. The van der Waals surface area contributed by atoms with E-state index in [1.54, 1.807) is 30.9 Å². The fourth-order valence-electron chi connectivity index (χ4n) is 2.78. The molecule has 1 amide bonds. The van der Waals surface area contributed by atoms with Crippen LogP contribution in [-0.2, 0) is 14.6 Å². The monoisotopic (exact) mass is 356 g/mol. The van der Waals surface area contributed by atoms with E-state index in [0.29, 0.717) is 16.4 Å². The largest absolute Gasteiger partial charge is 0.315 e. The smallest absolute Gasteiger partial charge is 0.247 e. The molecule has 0 saturated carbocycles. The maximum Gasteiger partial charge on any atom is 0.247 e. The Balaban J connectivity index is 2.04. The van der Waals surface area contributed by atoms with Crippen molar-refractivity contribution in [1.82, 2.24) is 0 Å². The first-order chi connectivity index (χ1) is 10.8. The van der Waals surface area contributed by atoms with Gasteiger partial charge in [0.05, 0.1) is 17.5 Å². The number of hydrogen-bond acceptors (Lipinski definition) is 4. The van der Waals surface area contributed by atoms with Gasteiger partial charge in [-0.05, 0) is 24.6 Å². The molecule has 2 fully saturated rings. The van der Waals surface area contributed by atoms with Gasteiger partial charge < -0.3 is 4.90 Å². The number of hydrogen-bond donors (Lipinski definition) is 0. The lowest BCUT2D eigenvalue weighted by atomic mass is 10.1. The molecule has 0 aliphatic carbocycles. The molecule has 8 heteroatoms. The number of rotatable bonds is 2. The van der Waals surface area contributed by atoms with Crippen molar-refractivity contribution in [3.63, 3.8) is 0 Å². The molecule has 124 valence electrons. The maximum atomic E-state index is 13.9. The number of benzene rings is 1. The molecule has 0 unspecified atom stereocenters. The third kappa shape index (κ3) is 3.14. The summed E-state index contributed by atoms with van der Waals surface area (Å²) in [6.07, 6.45) is 0.272. The van der Waals surface area contributed by atoms with Gasteiger partial charge in [0, 0.05) is 17.4 Å². The highest BCUT2D eigenvalue weighted by Crippen LogP contribution is 2.41. The number of anilines is 1. The average Bonchev–Trinajstić information content (AvgIpc) is 2.93. The van der Waals surface area contributed by atoms with E-state index in [-0.39, 0.29) is 40.9 Å². The zero-order chi connectivity index (χ0) is 16.8. The Bertz CT molecular complexity index is 792. The minimum atomic E-state index is -3.12. The number of fused-ring (bicyclic) bond motifs is 1. The number of thioether (sulfide) groups is 1. The topological polar surface area (TPSA) is 66.8 Å². The summed E-state index contributed by atoms with van der Waals surface area (Å²) >= 11 is 1.29. The number of sulfone groups is 1. The molecule has 1 aromatic carbocycles. The van der Waals surface area contributed by atoms with E-state index < -0.39 is 9.84 Å². The quantitative estimate of drug-likeness (QED) is 0.812.